The van der Waals surface area contributed by atoms with Crippen LogP contribution in [0.4, 0.5) is 5.82 Å². The lowest BCUT2D eigenvalue weighted by atomic mass is 10.0. The molecule has 1 aromatic heterocycles. The number of nitrogens with two attached hydrogens (primary N) is 1. The van der Waals surface area contributed by atoms with Gasteiger partial charge < -0.3 is 21.1 Å². The second kappa shape index (κ2) is 12.4. The van der Waals surface area contributed by atoms with Gasteiger partial charge in [-0.15, -0.1) is 0 Å². The highest BCUT2D eigenvalue weighted by Crippen LogP contribution is 2.39. The molecular weight excluding hydrogens is 440 g/mol. The van der Waals surface area contributed by atoms with E-state index in [1.54, 1.807) is 31.3 Å². The third-order valence-electron chi connectivity index (χ3n) is 4.82. The number of hydrogen-bond donors (Lipinski definition) is 3. The lowest BCUT2D eigenvalue weighted by Crippen LogP contribution is -2.36. The van der Waals surface area contributed by atoms with Crippen LogP contribution in [0.5, 0.6) is 0 Å². The number of rotatable bonds is 11. The van der Waals surface area contributed by atoms with Crippen LogP contribution in [0.25, 0.3) is 0 Å². The molecule has 2 aromatic rings. The predicted molar refractivity (Wildman–Crippen MR) is 125 cm³/mol. The molecular formula is C23H26N6O3S. The average Bonchev–Trinajstić information content (AvgIpc) is 2.81. The molecule has 9 nitrogen and oxygen atoms in total. The first-order valence-corrected chi connectivity index (χ1v) is 11.2. The van der Waals surface area contributed by atoms with Crippen molar-refractivity contribution in [3.8, 4) is 12.1 Å². The summed E-state index contributed by atoms with van der Waals surface area (Å²) < 4.78 is 0. The van der Waals surface area contributed by atoms with Gasteiger partial charge in [0.15, 0.2) is 0 Å². The van der Waals surface area contributed by atoms with Crippen molar-refractivity contribution >= 4 is 29.4 Å². The van der Waals surface area contributed by atoms with E-state index in [1.807, 2.05) is 13.0 Å². The fourth-order valence-electron chi connectivity index (χ4n) is 3.23. The first-order valence-electron chi connectivity index (χ1n) is 10.3. The molecule has 0 saturated heterocycles. The Bertz CT molecular complexity index is 1080. The number of anilines is 1. The van der Waals surface area contributed by atoms with Crippen molar-refractivity contribution in [1.82, 2.24) is 10.3 Å². The van der Waals surface area contributed by atoms with Crippen molar-refractivity contribution in [3.05, 3.63) is 52.6 Å². The highest BCUT2D eigenvalue weighted by Gasteiger charge is 2.27. The zero-order chi connectivity index (χ0) is 24.4. The van der Waals surface area contributed by atoms with Gasteiger partial charge in [-0.1, -0.05) is 49.0 Å². The van der Waals surface area contributed by atoms with Crippen molar-refractivity contribution < 1.29 is 14.7 Å². The van der Waals surface area contributed by atoms with Crippen molar-refractivity contribution in [1.29, 1.82) is 10.5 Å². The lowest BCUT2D eigenvalue weighted by Gasteiger charge is -2.23. The lowest BCUT2D eigenvalue weighted by molar-refractivity contribution is -0.120. The van der Waals surface area contributed by atoms with Crippen LogP contribution < -0.4 is 16.0 Å². The standard InChI is InChI=1S/C23H26N6O3S/c1-3-16-17(12-24)22(29(2)14-19(31)27-10-7-11-30)28-23(18(16)13-25)33-20(21(26)32)15-8-5-4-6-9-15/h4-6,8-9,20,30H,3,7,10-11,14H2,1-2H3,(H2,26,32)(H,27,31). The fourth-order valence-corrected chi connectivity index (χ4v) is 4.29. The Kier molecular flexibility index (Phi) is 9.67. The Labute approximate surface area is 197 Å². The molecule has 4 N–H and O–H groups in total. The molecule has 0 saturated carbocycles. The quantitative estimate of drug-likeness (QED) is 0.333. The molecule has 0 aliphatic heterocycles. The summed E-state index contributed by atoms with van der Waals surface area (Å²) in [5.74, 6) is -0.644. The van der Waals surface area contributed by atoms with Gasteiger partial charge in [-0.3, -0.25) is 9.59 Å². The van der Waals surface area contributed by atoms with Crippen LogP contribution >= 0.6 is 11.8 Å². The van der Waals surface area contributed by atoms with E-state index in [0.29, 0.717) is 30.5 Å². The Hall–Kier alpha value is -3.60. The van der Waals surface area contributed by atoms with E-state index in [0.717, 1.165) is 11.8 Å². The van der Waals surface area contributed by atoms with Gasteiger partial charge in [0.25, 0.3) is 0 Å². The molecule has 0 aliphatic carbocycles. The summed E-state index contributed by atoms with van der Waals surface area (Å²) in [6.07, 6.45) is 0.820. The van der Waals surface area contributed by atoms with Gasteiger partial charge in [-0.2, -0.15) is 10.5 Å². The Morgan fingerprint density at radius 2 is 1.91 bits per heavy atom. The van der Waals surface area contributed by atoms with Gasteiger partial charge >= 0.3 is 0 Å². The first-order chi connectivity index (χ1) is 15.9. The number of aliphatic hydroxyl groups is 1. The molecule has 172 valence electrons. The fraction of sp³-hybridized carbons (Fsp3) is 0.348. The minimum atomic E-state index is -0.789. The van der Waals surface area contributed by atoms with Gasteiger partial charge in [-0.25, -0.2) is 4.98 Å². The molecule has 0 bridgehead atoms. The number of nitrogens with zero attached hydrogens (tertiary/aromatic N) is 4. The SMILES string of the molecule is CCc1c(C#N)c(SC(C(N)=O)c2ccccc2)nc(N(C)CC(=O)NCCCO)c1C#N. The van der Waals surface area contributed by atoms with Crippen molar-refractivity contribution in [2.24, 2.45) is 5.73 Å². The van der Waals surface area contributed by atoms with Gasteiger partial charge in [-0.05, 0) is 24.0 Å². The van der Waals surface area contributed by atoms with Gasteiger partial charge in [0.05, 0.1) is 17.7 Å². The van der Waals surface area contributed by atoms with Crippen LogP contribution in [0.1, 0.15) is 40.8 Å². The molecule has 10 heteroatoms. The number of amides is 2. The van der Waals surface area contributed by atoms with Crippen molar-refractivity contribution in [3.63, 3.8) is 0 Å². The summed E-state index contributed by atoms with van der Waals surface area (Å²) in [6, 6.07) is 13.2. The number of pyridine rings is 1. The van der Waals surface area contributed by atoms with E-state index in [1.165, 1.54) is 4.90 Å². The van der Waals surface area contributed by atoms with Crippen LogP contribution in [-0.2, 0) is 16.0 Å². The molecule has 0 spiro atoms. The summed E-state index contributed by atoms with van der Waals surface area (Å²) in [6.45, 7) is 2.03. The number of aliphatic hydroxyl groups excluding tert-OH is 1. The van der Waals surface area contributed by atoms with E-state index >= 15 is 0 Å². The molecule has 1 atom stereocenters. The molecule has 1 unspecified atom stereocenters. The van der Waals surface area contributed by atoms with Crippen molar-refractivity contribution in [2.75, 3.05) is 31.6 Å². The number of nitriles is 2. The summed E-state index contributed by atoms with van der Waals surface area (Å²) >= 11 is 1.04. The maximum atomic E-state index is 12.3. The van der Waals surface area contributed by atoms with E-state index in [9.17, 15) is 20.1 Å². The Morgan fingerprint density at radius 3 is 2.45 bits per heavy atom. The molecule has 2 amide bonds. The van der Waals surface area contributed by atoms with Crippen molar-refractivity contribution in [2.45, 2.75) is 30.0 Å². The molecule has 33 heavy (non-hydrogen) atoms. The normalized spacial score (nSPS) is 11.2. The average molecular weight is 467 g/mol. The van der Waals surface area contributed by atoms with Crippen LogP contribution in [0.15, 0.2) is 35.4 Å². The smallest absolute Gasteiger partial charge is 0.239 e. The number of carbonyl (C=O) groups is 2. The van der Waals surface area contributed by atoms with E-state index in [4.69, 9.17) is 10.8 Å². The number of hydrogen-bond acceptors (Lipinski definition) is 8. The van der Waals surface area contributed by atoms with Gasteiger partial charge in [0.1, 0.15) is 28.2 Å². The van der Waals surface area contributed by atoms with E-state index in [-0.39, 0.29) is 41.0 Å². The Balaban J connectivity index is 2.51. The number of likely N-dealkylation sites (N-methyl/N-ethyl adjacent to an activating group) is 1. The number of benzene rings is 1. The van der Waals surface area contributed by atoms with Crippen LogP contribution in [-0.4, -0.2) is 48.6 Å². The number of thioether (sulfide) groups is 1. The number of nitrogens with one attached hydrogen (secondary N) is 1. The minimum absolute atomic E-state index is 0.0330. The Morgan fingerprint density at radius 1 is 1.24 bits per heavy atom. The van der Waals surface area contributed by atoms with Crippen LogP contribution in [0.3, 0.4) is 0 Å². The van der Waals surface area contributed by atoms with Gasteiger partial charge in [0.2, 0.25) is 11.8 Å². The molecule has 1 heterocycles. The highest BCUT2D eigenvalue weighted by atomic mass is 32.2. The number of primary amides is 1. The summed E-state index contributed by atoms with van der Waals surface area (Å²) in [7, 11) is 1.62. The summed E-state index contributed by atoms with van der Waals surface area (Å²) in [4.78, 5) is 30.5. The van der Waals surface area contributed by atoms with Crippen LogP contribution in [0.2, 0.25) is 0 Å². The van der Waals surface area contributed by atoms with Gasteiger partial charge in [0, 0.05) is 20.2 Å². The number of aromatic nitrogens is 1. The van der Waals surface area contributed by atoms with Crippen LogP contribution in [0, 0.1) is 22.7 Å². The maximum absolute atomic E-state index is 12.3. The molecule has 0 aliphatic rings. The largest absolute Gasteiger partial charge is 0.396 e. The second-order valence-corrected chi connectivity index (χ2v) is 8.23. The minimum Gasteiger partial charge on any atom is -0.396 e. The third kappa shape index (κ3) is 6.45. The zero-order valence-electron chi connectivity index (χ0n) is 18.5. The highest BCUT2D eigenvalue weighted by molar-refractivity contribution is 8.00. The summed E-state index contributed by atoms with van der Waals surface area (Å²) in [5.41, 5.74) is 7.24. The topological polar surface area (TPSA) is 156 Å². The molecule has 2 rings (SSSR count). The monoisotopic (exact) mass is 466 g/mol. The molecule has 0 radical (unpaired) electrons. The van der Waals surface area contributed by atoms with E-state index in [2.05, 4.69) is 22.4 Å². The second-order valence-electron chi connectivity index (χ2n) is 7.14. The molecule has 1 aromatic carbocycles. The first kappa shape index (κ1) is 25.7. The maximum Gasteiger partial charge on any atom is 0.239 e. The third-order valence-corrected chi connectivity index (χ3v) is 6.07. The zero-order valence-corrected chi connectivity index (χ0v) is 19.4. The van der Waals surface area contributed by atoms with E-state index < -0.39 is 11.2 Å². The summed E-state index contributed by atoms with van der Waals surface area (Å²) in [5, 5.41) is 30.7. The molecule has 0 fully saturated rings. The number of carbonyl (C=O) groups excluding carboxylic acids is 2. The predicted octanol–water partition coefficient (Wildman–Crippen LogP) is 1.64.